The molecule has 1 N–H and O–H groups in total. The molecule has 0 saturated carbocycles. The van der Waals surface area contributed by atoms with Crippen molar-refractivity contribution in [3.63, 3.8) is 0 Å². The Morgan fingerprint density at radius 3 is 2.50 bits per heavy atom. The van der Waals surface area contributed by atoms with E-state index in [4.69, 9.17) is 4.74 Å². The molecule has 0 spiro atoms. The number of aliphatic carboxylic acids is 1. The van der Waals surface area contributed by atoms with Gasteiger partial charge in [0.1, 0.15) is 10.5 Å². The molecule has 0 aliphatic carbocycles. The highest BCUT2D eigenvalue weighted by atomic mass is 32.2. The lowest BCUT2D eigenvalue weighted by molar-refractivity contribution is -0.140. The Hall–Kier alpha value is -2.53. The SMILES string of the molecule is CCOc1cccc(-c2ccc3nccc(SC(CC)(CC)C(=O)O)c3c2)c1. The molecule has 0 aliphatic heterocycles. The second-order valence-electron chi connectivity index (χ2n) is 6.61. The van der Waals surface area contributed by atoms with E-state index in [1.165, 1.54) is 11.8 Å². The zero-order valence-electron chi connectivity index (χ0n) is 16.4. The van der Waals surface area contributed by atoms with E-state index in [0.717, 1.165) is 32.7 Å². The second-order valence-corrected chi connectivity index (χ2v) is 8.04. The molecule has 0 unspecified atom stereocenters. The highest BCUT2D eigenvalue weighted by molar-refractivity contribution is 8.01. The van der Waals surface area contributed by atoms with Gasteiger partial charge in [0.15, 0.2) is 0 Å². The predicted molar refractivity (Wildman–Crippen MR) is 115 cm³/mol. The highest BCUT2D eigenvalue weighted by Gasteiger charge is 2.36. The zero-order chi connectivity index (χ0) is 20.1. The summed E-state index contributed by atoms with van der Waals surface area (Å²) in [6.45, 7) is 6.45. The van der Waals surface area contributed by atoms with Crippen molar-refractivity contribution in [3.05, 3.63) is 54.7 Å². The lowest BCUT2D eigenvalue weighted by Crippen LogP contribution is -2.33. The molecule has 0 aliphatic rings. The minimum Gasteiger partial charge on any atom is -0.494 e. The van der Waals surface area contributed by atoms with Gasteiger partial charge in [0.25, 0.3) is 0 Å². The first-order valence-corrected chi connectivity index (χ1v) is 10.4. The van der Waals surface area contributed by atoms with Crippen LogP contribution in [0.1, 0.15) is 33.6 Å². The number of ether oxygens (including phenoxy) is 1. The van der Waals surface area contributed by atoms with Crippen molar-refractivity contribution < 1.29 is 14.6 Å². The fraction of sp³-hybridized carbons (Fsp3) is 0.304. The van der Waals surface area contributed by atoms with Crippen molar-refractivity contribution in [2.24, 2.45) is 0 Å². The molecule has 2 aromatic carbocycles. The van der Waals surface area contributed by atoms with Gasteiger partial charge in [-0.25, -0.2) is 0 Å². The summed E-state index contributed by atoms with van der Waals surface area (Å²) in [5, 5.41) is 10.8. The first-order chi connectivity index (χ1) is 13.5. The van der Waals surface area contributed by atoms with Crippen LogP contribution in [0.3, 0.4) is 0 Å². The molecule has 1 heterocycles. The summed E-state index contributed by atoms with van der Waals surface area (Å²) in [4.78, 5) is 17.4. The standard InChI is InChI=1S/C23H25NO3S/c1-4-23(5-2,22(25)26)28-21-12-13-24-20-11-10-17(15-19(20)21)16-8-7-9-18(14-16)27-6-3/h7-15H,4-6H2,1-3H3,(H,25,26). The van der Waals surface area contributed by atoms with Crippen molar-refractivity contribution >= 4 is 28.6 Å². The number of pyridine rings is 1. The quantitative estimate of drug-likeness (QED) is 0.471. The summed E-state index contributed by atoms with van der Waals surface area (Å²) in [6, 6.07) is 16.0. The van der Waals surface area contributed by atoms with E-state index in [9.17, 15) is 9.90 Å². The summed E-state index contributed by atoms with van der Waals surface area (Å²) in [5.41, 5.74) is 2.97. The van der Waals surface area contributed by atoms with Crippen molar-refractivity contribution in [1.29, 1.82) is 0 Å². The first kappa shape index (κ1) is 20.2. The Morgan fingerprint density at radius 1 is 1.07 bits per heavy atom. The highest BCUT2D eigenvalue weighted by Crippen LogP contribution is 2.42. The van der Waals surface area contributed by atoms with E-state index in [1.54, 1.807) is 6.20 Å². The molecule has 1 aromatic heterocycles. The Bertz CT molecular complexity index is 982. The van der Waals surface area contributed by atoms with Crippen LogP contribution < -0.4 is 4.74 Å². The maximum Gasteiger partial charge on any atom is 0.320 e. The molecule has 0 saturated heterocycles. The number of thioether (sulfide) groups is 1. The van der Waals surface area contributed by atoms with E-state index in [0.29, 0.717) is 19.4 Å². The van der Waals surface area contributed by atoms with Gasteiger partial charge in [-0.15, -0.1) is 11.8 Å². The van der Waals surface area contributed by atoms with Gasteiger partial charge in [0.2, 0.25) is 0 Å². The molecule has 146 valence electrons. The molecule has 3 rings (SSSR count). The van der Waals surface area contributed by atoms with E-state index < -0.39 is 10.7 Å². The number of fused-ring (bicyclic) bond motifs is 1. The number of aromatic nitrogens is 1. The number of hydrogen-bond acceptors (Lipinski definition) is 4. The summed E-state index contributed by atoms with van der Waals surface area (Å²) in [5.74, 6) is 0.0655. The molecule has 0 bridgehead atoms. The van der Waals surface area contributed by atoms with E-state index >= 15 is 0 Å². The average Bonchev–Trinajstić information content (AvgIpc) is 2.72. The number of carbonyl (C=O) groups is 1. The molecule has 0 amide bonds. The molecule has 5 heteroatoms. The summed E-state index contributed by atoms with van der Waals surface area (Å²) < 4.78 is 4.78. The predicted octanol–water partition coefficient (Wildman–Crippen LogP) is 6.04. The van der Waals surface area contributed by atoms with Gasteiger partial charge in [-0.1, -0.05) is 32.0 Å². The van der Waals surface area contributed by atoms with Crippen LogP contribution in [0.5, 0.6) is 5.75 Å². The van der Waals surface area contributed by atoms with E-state index in [1.807, 2.05) is 63.2 Å². The lowest BCUT2D eigenvalue weighted by Gasteiger charge is -2.26. The topological polar surface area (TPSA) is 59.4 Å². The van der Waals surface area contributed by atoms with Gasteiger partial charge >= 0.3 is 5.97 Å². The van der Waals surface area contributed by atoms with E-state index in [-0.39, 0.29) is 0 Å². The van der Waals surface area contributed by atoms with Crippen LogP contribution in [-0.2, 0) is 4.79 Å². The Balaban J connectivity index is 2.07. The number of carboxylic acids is 1. The maximum absolute atomic E-state index is 12.0. The van der Waals surface area contributed by atoms with E-state index in [2.05, 4.69) is 11.1 Å². The van der Waals surface area contributed by atoms with Crippen LogP contribution >= 0.6 is 11.8 Å². The fourth-order valence-corrected chi connectivity index (χ4v) is 4.47. The smallest absolute Gasteiger partial charge is 0.320 e. The number of benzene rings is 2. The molecule has 28 heavy (non-hydrogen) atoms. The Labute approximate surface area is 170 Å². The number of nitrogens with zero attached hydrogens (tertiary/aromatic N) is 1. The minimum absolute atomic E-state index is 0.559. The van der Waals surface area contributed by atoms with Crippen molar-refractivity contribution in [1.82, 2.24) is 4.98 Å². The van der Waals surface area contributed by atoms with Crippen LogP contribution in [0.2, 0.25) is 0 Å². The third-order valence-electron chi connectivity index (χ3n) is 5.02. The normalized spacial score (nSPS) is 11.5. The van der Waals surface area contributed by atoms with Crippen LogP contribution in [-0.4, -0.2) is 27.4 Å². The second kappa shape index (κ2) is 8.65. The summed E-state index contributed by atoms with van der Waals surface area (Å²) >= 11 is 1.42. The third-order valence-corrected chi connectivity index (χ3v) is 6.74. The molecule has 0 atom stereocenters. The molecule has 4 nitrogen and oxygen atoms in total. The third kappa shape index (κ3) is 3.99. The number of hydrogen-bond donors (Lipinski definition) is 1. The van der Waals surface area contributed by atoms with Crippen LogP contribution in [0, 0.1) is 0 Å². The summed E-state index contributed by atoms with van der Waals surface area (Å²) in [6.07, 6.45) is 2.87. The molecule has 0 fully saturated rings. The average molecular weight is 396 g/mol. The fourth-order valence-electron chi connectivity index (χ4n) is 3.27. The van der Waals surface area contributed by atoms with Crippen molar-refractivity contribution in [3.8, 4) is 16.9 Å². The van der Waals surface area contributed by atoms with Gasteiger partial charge in [0, 0.05) is 16.5 Å². The lowest BCUT2D eigenvalue weighted by atomic mass is 10.0. The number of rotatable bonds is 8. The molecule has 0 radical (unpaired) electrons. The van der Waals surface area contributed by atoms with Gasteiger partial charge in [-0.2, -0.15) is 0 Å². The van der Waals surface area contributed by atoms with Crippen LogP contribution in [0.4, 0.5) is 0 Å². The van der Waals surface area contributed by atoms with Gasteiger partial charge < -0.3 is 9.84 Å². The maximum atomic E-state index is 12.0. The number of carboxylic acid groups (broad SMARTS) is 1. The van der Waals surface area contributed by atoms with Gasteiger partial charge in [-0.05, 0) is 61.2 Å². The minimum atomic E-state index is -0.834. The van der Waals surface area contributed by atoms with Crippen LogP contribution in [0.25, 0.3) is 22.0 Å². The molecular formula is C23H25NO3S. The molecule has 3 aromatic rings. The van der Waals surface area contributed by atoms with Gasteiger partial charge in [0.05, 0.1) is 12.1 Å². The van der Waals surface area contributed by atoms with Crippen molar-refractivity contribution in [2.75, 3.05) is 6.61 Å². The summed E-state index contributed by atoms with van der Waals surface area (Å²) in [7, 11) is 0. The van der Waals surface area contributed by atoms with Crippen LogP contribution in [0.15, 0.2) is 59.6 Å². The zero-order valence-corrected chi connectivity index (χ0v) is 17.3. The largest absolute Gasteiger partial charge is 0.494 e. The molecular weight excluding hydrogens is 370 g/mol. The van der Waals surface area contributed by atoms with Gasteiger partial charge in [-0.3, -0.25) is 9.78 Å². The Morgan fingerprint density at radius 2 is 1.82 bits per heavy atom. The monoisotopic (exact) mass is 395 g/mol. The Kier molecular flexibility index (Phi) is 6.25. The first-order valence-electron chi connectivity index (χ1n) is 9.57. The van der Waals surface area contributed by atoms with Crippen molar-refractivity contribution in [2.45, 2.75) is 43.3 Å².